The van der Waals surface area contributed by atoms with E-state index in [2.05, 4.69) is 10.1 Å². The van der Waals surface area contributed by atoms with Gasteiger partial charge in [0.1, 0.15) is 12.6 Å². The number of ether oxygens (including phenoxy) is 2. The Hall–Kier alpha value is -1.10. The normalized spacial score (nSPS) is 13.1. The summed E-state index contributed by atoms with van der Waals surface area (Å²) in [5.41, 5.74) is -0.394. The first-order chi connectivity index (χ1) is 7.32. The van der Waals surface area contributed by atoms with Crippen LogP contribution in [-0.2, 0) is 19.1 Å². The Morgan fingerprint density at radius 1 is 1.31 bits per heavy atom. The van der Waals surface area contributed by atoms with Crippen LogP contribution in [0.15, 0.2) is 0 Å². The van der Waals surface area contributed by atoms with Crippen molar-refractivity contribution in [3.63, 3.8) is 0 Å². The van der Waals surface area contributed by atoms with Crippen LogP contribution >= 0.6 is 0 Å². The molecule has 0 aliphatic rings. The summed E-state index contributed by atoms with van der Waals surface area (Å²) in [5.74, 6) is -0.760. The number of hydrogen-bond donors (Lipinski definition) is 1. The monoisotopic (exact) mass is 231 g/mol. The predicted molar refractivity (Wildman–Crippen MR) is 59.9 cm³/mol. The fourth-order valence-electron chi connectivity index (χ4n) is 1.14. The summed E-state index contributed by atoms with van der Waals surface area (Å²) in [6.07, 6.45) is 0. The molecule has 1 N–H and O–H groups in total. The number of carbonyl (C=O) groups is 2. The van der Waals surface area contributed by atoms with Crippen molar-refractivity contribution in [2.75, 3.05) is 20.3 Å². The van der Waals surface area contributed by atoms with Crippen molar-refractivity contribution >= 4 is 11.9 Å². The van der Waals surface area contributed by atoms with Gasteiger partial charge in [0.15, 0.2) is 0 Å². The van der Waals surface area contributed by atoms with E-state index in [1.54, 1.807) is 6.92 Å². The number of amides is 1. The zero-order valence-corrected chi connectivity index (χ0v) is 10.6. The molecule has 0 saturated heterocycles. The van der Waals surface area contributed by atoms with Crippen LogP contribution in [0.3, 0.4) is 0 Å². The van der Waals surface area contributed by atoms with Crippen molar-refractivity contribution in [2.45, 2.75) is 33.7 Å². The molecule has 0 rings (SSSR count). The summed E-state index contributed by atoms with van der Waals surface area (Å²) in [7, 11) is 1.30. The molecule has 5 nitrogen and oxygen atoms in total. The first-order valence-corrected chi connectivity index (χ1v) is 5.27. The first-order valence-electron chi connectivity index (χ1n) is 5.27. The van der Waals surface area contributed by atoms with E-state index in [9.17, 15) is 9.59 Å². The molecule has 1 amide bonds. The Morgan fingerprint density at radius 3 is 2.25 bits per heavy atom. The molecule has 0 radical (unpaired) electrons. The highest BCUT2D eigenvalue weighted by Crippen LogP contribution is 2.20. The second kappa shape index (κ2) is 6.48. The summed E-state index contributed by atoms with van der Waals surface area (Å²) < 4.78 is 9.61. The van der Waals surface area contributed by atoms with Crippen LogP contribution in [-0.4, -0.2) is 38.2 Å². The molecular formula is C11H21NO4. The van der Waals surface area contributed by atoms with Crippen molar-refractivity contribution in [2.24, 2.45) is 5.41 Å². The van der Waals surface area contributed by atoms with Gasteiger partial charge >= 0.3 is 5.97 Å². The molecule has 0 heterocycles. The molecule has 94 valence electrons. The van der Waals surface area contributed by atoms with Crippen LogP contribution in [0.5, 0.6) is 0 Å². The third kappa shape index (κ3) is 5.11. The van der Waals surface area contributed by atoms with E-state index in [4.69, 9.17) is 4.74 Å². The zero-order valence-electron chi connectivity index (χ0n) is 10.6. The average molecular weight is 231 g/mol. The molecule has 0 aliphatic carbocycles. The van der Waals surface area contributed by atoms with Crippen LogP contribution in [0.1, 0.15) is 27.7 Å². The standard InChI is InChI=1S/C11H21NO4/c1-6-16-7-8(13)12-9(10(14)15-5)11(2,3)4/h9H,6-7H2,1-5H3,(H,12,13)/t9-/m1/s1. The molecule has 5 heteroatoms. The van der Waals surface area contributed by atoms with Crippen LogP contribution < -0.4 is 5.32 Å². The molecule has 1 atom stereocenters. The van der Waals surface area contributed by atoms with Crippen molar-refractivity contribution in [1.29, 1.82) is 0 Å². The Bertz CT molecular complexity index is 245. The Morgan fingerprint density at radius 2 is 1.88 bits per heavy atom. The number of methoxy groups -OCH3 is 1. The van der Waals surface area contributed by atoms with Crippen molar-refractivity contribution in [3.05, 3.63) is 0 Å². The number of nitrogens with one attached hydrogen (secondary N) is 1. The zero-order chi connectivity index (χ0) is 12.8. The molecule has 0 fully saturated rings. The Kier molecular flexibility index (Phi) is 6.03. The minimum Gasteiger partial charge on any atom is -0.467 e. The SMILES string of the molecule is CCOCC(=O)N[C@H](C(=O)OC)C(C)(C)C. The molecule has 0 bridgehead atoms. The van der Waals surface area contributed by atoms with Gasteiger partial charge in [-0.15, -0.1) is 0 Å². The summed E-state index contributed by atoms with van der Waals surface area (Å²) in [6, 6.07) is -0.662. The van der Waals surface area contributed by atoms with Crippen molar-refractivity contribution in [3.8, 4) is 0 Å². The quantitative estimate of drug-likeness (QED) is 0.708. The highest BCUT2D eigenvalue weighted by Gasteiger charge is 2.33. The van der Waals surface area contributed by atoms with E-state index in [1.165, 1.54) is 7.11 Å². The van der Waals surface area contributed by atoms with Gasteiger partial charge < -0.3 is 14.8 Å². The smallest absolute Gasteiger partial charge is 0.328 e. The molecule has 16 heavy (non-hydrogen) atoms. The summed E-state index contributed by atoms with van der Waals surface area (Å²) in [4.78, 5) is 22.9. The fourth-order valence-corrected chi connectivity index (χ4v) is 1.14. The van der Waals surface area contributed by atoms with Gasteiger partial charge in [-0.2, -0.15) is 0 Å². The third-order valence-corrected chi connectivity index (χ3v) is 2.05. The van der Waals surface area contributed by atoms with Crippen molar-refractivity contribution in [1.82, 2.24) is 5.32 Å². The second-order valence-corrected chi connectivity index (χ2v) is 4.53. The summed E-state index contributed by atoms with van der Waals surface area (Å²) in [5, 5.41) is 2.60. The van der Waals surface area contributed by atoms with E-state index >= 15 is 0 Å². The minimum atomic E-state index is -0.662. The number of esters is 1. The van der Waals surface area contributed by atoms with Crippen LogP contribution in [0.4, 0.5) is 0 Å². The topological polar surface area (TPSA) is 64.6 Å². The van der Waals surface area contributed by atoms with Crippen LogP contribution in [0.25, 0.3) is 0 Å². The molecule has 0 unspecified atom stereocenters. The fraction of sp³-hybridized carbons (Fsp3) is 0.818. The first kappa shape index (κ1) is 14.9. The lowest BCUT2D eigenvalue weighted by Gasteiger charge is -2.28. The summed E-state index contributed by atoms with van der Waals surface area (Å²) in [6.45, 7) is 7.79. The van der Waals surface area contributed by atoms with Gasteiger partial charge in [-0.25, -0.2) is 4.79 Å². The second-order valence-electron chi connectivity index (χ2n) is 4.53. The van der Waals surface area contributed by atoms with E-state index < -0.39 is 17.4 Å². The number of hydrogen-bond acceptors (Lipinski definition) is 4. The highest BCUT2D eigenvalue weighted by molar-refractivity contribution is 5.85. The van der Waals surface area contributed by atoms with E-state index in [-0.39, 0.29) is 12.5 Å². The van der Waals surface area contributed by atoms with Gasteiger partial charge in [-0.05, 0) is 12.3 Å². The van der Waals surface area contributed by atoms with Crippen LogP contribution in [0, 0.1) is 5.41 Å². The molecule has 0 saturated carbocycles. The Balaban J connectivity index is 4.44. The van der Waals surface area contributed by atoms with Gasteiger partial charge in [0.2, 0.25) is 5.91 Å². The van der Waals surface area contributed by atoms with Gasteiger partial charge in [0, 0.05) is 6.61 Å². The molecule has 0 spiro atoms. The lowest BCUT2D eigenvalue weighted by atomic mass is 9.86. The van der Waals surface area contributed by atoms with Gasteiger partial charge in [0.05, 0.1) is 7.11 Å². The lowest BCUT2D eigenvalue weighted by molar-refractivity contribution is -0.148. The minimum absolute atomic E-state index is 0.0416. The predicted octanol–water partition coefficient (Wildman–Crippen LogP) is 0.727. The average Bonchev–Trinajstić information content (AvgIpc) is 2.20. The van der Waals surface area contributed by atoms with E-state index in [0.717, 1.165) is 0 Å². The Labute approximate surface area is 96.5 Å². The van der Waals surface area contributed by atoms with Gasteiger partial charge in [0.25, 0.3) is 0 Å². The third-order valence-electron chi connectivity index (χ3n) is 2.05. The molecule has 0 aromatic carbocycles. The summed E-state index contributed by atoms with van der Waals surface area (Å²) >= 11 is 0. The van der Waals surface area contributed by atoms with E-state index in [1.807, 2.05) is 20.8 Å². The number of rotatable bonds is 5. The van der Waals surface area contributed by atoms with Gasteiger partial charge in [-0.3, -0.25) is 4.79 Å². The molecule has 0 aliphatic heterocycles. The maximum atomic E-state index is 11.5. The van der Waals surface area contributed by atoms with Crippen molar-refractivity contribution < 1.29 is 19.1 Å². The molecule has 0 aromatic rings. The van der Waals surface area contributed by atoms with Gasteiger partial charge in [-0.1, -0.05) is 20.8 Å². The largest absolute Gasteiger partial charge is 0.467 e. The maximum absolute atomic E-state index is 11.5. The van der Waals surface area contributed by atoms with Crippen LogP contribution in [0.2, 0.25) is 0 Å². The van der Waals surface area contributed by atoms with E-state index in [0.29, 0.717) is 6.61 Å². The number of carbonyl (C=O) groups excluding carboxylic acids is 2. The maximum Gasteiger partial charge on any atom is 0.328 e. The molecular weight excluding hydrogens is 210 g/mol. The lowest BCUT2D eigenvalue weighted by Crippen LogP contribution is -2.50. The highest BCUT2D eigenvalue weighted by atomic mass is 16.5. The molecule has 0 aromatic heterocycles.